The van der Waals surface area contributed by atoms with E-state index in [4.69, 9.17) is 14.5 Å². The van der Waals surface area contributed by atoms with Crippen molar-refractivity contribution >= 4 is 43.4 Å². The minimum atomic E-state index is -0.113. The standard InChI is InChI=1S/C25H27N3O3S/c1-5-31-21-13-10-17-8-6-7-9-19(17)23(21)24(29)28(15-14-27(2)3)25-26-20-12-11-18(30-4)16-22(20)32-25/h6-13,16H,5,14-15H2,1-4H3. The summed E-state index contributed by atoms with van der Waals surface area (Å²) in [4.78, 5) is 22.6. The number of aromatic nitrogens is 1. The summed E-state index contributed by atoms with van der Waals surface area (Å²) in [7, 11) is 5.64. The second-order valence-electron chi connectivity index (χ2n) is 7.68. The highest BCUT2D eigenvalue weighted by Gasteiger charge is 2.26. The number of nitrogens with zero attached hydrogens (tertiary/aromatic N) is 3. The summed E-state index contributed by atoms with van der Waals surface area (Å²) in [5.74, 6) is 1.25. The van der Waals surface area contributed by atoms with Gasteiger partial charge >= 0.3 is 0 Å². The van der Waals surface area contributed by atoms with Gasteiger partial charge in [0.15, 0.2) is 5.13 Å². The zero-order valence-corrected chi connectivity index (χ0v) is 19.6. The maximum absolute atomic E-state index is 14.0. The number of rotatable bonds is 8. The van der Waals surface area contributed by atoms with Gasteiger partial charge in [0.2, 0.25) is 0 Å². The molecule has 6 nitrogen and oxygen atoms in total. The highest BCUT2D eigenvalue weighted by atomic mass is 32.1. The van der Waals surface area contributed by atoms with Crippen LogP contribution in [0, 0.1) is 0 Å². The van der Waals surface area contributed by atoms with Crippen molar-refractivity contribution in [1.82, 2.24) is 9.88 Å². The lowest BCUT2D eigenvalue weighted by atomic mass is 10.0. The number of thiazole rings is 1. The van der Waals surface area contributed by atoms with Gasteiger partial charge in [-0.3, -0.25) is 9.69 Å². The molecule has 1 amide bonds. The van der Waals surface area contributed by atoms with E-state index in [1.807, 2.05) is 75.6 Å². The number of likely N-dealkylation sites (N-methyl/N-ethyl adjacent to an activating group) is 1. The van der Waals surface area contributed by atoms with Crippen molar-refractivity contribution in [2.24, 2.45) is 0 Å². The van der Waals surface area contributed by atoms with E-state index in [2.05, 4.69) is 4.90 Å². The summed E-state index contributed by atoms with van der Waals surface area (Å²) in [6, 6.07) is 17.5. The first-order chi connectivity index (χ1) is 15.5. The SMILES string of the molecule is CCOc1ccc2ccccc2c1C(=O)N(CCN(C)C)c1nc2ccc(OC)cc2s1. The molecule has 0 bridgehead atoms. The Hall–Kier alpha value is -3.16. The average Bonchev–Trinajstić information content (AvgIpc) is 3.21. The van der Waals surface area contributed by atoms with Crippen molar-refractivity contribution in [2.45, 2.75) is 6.92 Å². The molecule has 4 aromatic rings. The Morgan fingerprint density at radius 2 is 1.88 bits per heavy atom. The van der Waals surface area contributed by atoms with Crippen LogP contribution >= 0.6 is 11.3 Å². The monoisotopic (exact) mass is 449 g/mol. The van der Waals surface area contributed by atoms with Gasteiger partial charge < -0.3 is 14.4 Å². The van der Waals surface area contributed by atoms with Gasteiger partial charge in [0.1, 0.15) is 11.5 Å². The molecule has 0 aliphatic rings. The molecule has 0 radical (unpaired) electrons. The van der Waals surface area contributed by atoms with Crippen LogP contribution in [0.15, 0.2) is 54.6 Å². The Balaban J connectivity index is 1.84. The van der Waals surface area contributed by atoms with Crippen molar-refractivity contribution in [2.75, 3.05) is 45.8 Å². The topological polar surface area (TPSA) is 54.9 Å². The third-order valence-electron chi connectivity index (χ3n) is 5.24. The van der Waals surface area contributed by atoms with Gasteiger partial charge in [-0.1, -0.05) is 41.7 Å². The van der Waals surface area contributed by atoms with Crippen LogP contribution in [-0.4, -0.2) is 56.7 Å². The van der Waals surface area contributed by atoms with Crippen LogP contribution in [-0.2, 0) is 0 Å². The zero-order chi connectivity index (χ0) is 22.7. The molecule has 4 rings (SSSR count). The van der Waals surface area contributed by atoms with Gasteiger partial charge in [-0.2, -0.15) is 0 Å². The van der Waals surface area contributed by atoms with E-state index < -0.39 is 0 Å². The molecule has 32 heavy (non-hydrogen) atoms. The van der Waals surface area contributed by atoms with E-state index in [-0.39, 0.29) is 5.91 Å². The molecule has 0 aliphatic heterocycles. The number of ether oxygens (including phenoxy) is 2. The van der Waals surface area contributed by atoms with Crippen LogP contribution in [0.1, 0.15) is 17.3 Å². The van der Waals surface area contributed by atoms with Crippen molar-refractivity contribution in [3.05, 3.63) is 60.2 Å². The number of hydrogen-bond donors (Lipinski definition) is 0. The maximum Gasteiger partial charge on any atom is 0.264 e. The first-order valence-corrected chi connectivity index (χ1v) is 11.4. The van der Waals surface area contributed by atoms with Gasteiger partial charge in [0.25, 0.3) is 5.91 Å². The zero-order valence-electron chi connectivity index (χ0n) is 18.8. The van der Waals surface area contributed by atoms with E-state index in [1.165, 1.54) is 11.3 Å². The number of benzene rings is 3. The lowest BCUT2D eigenvalue weighted by Gasteiger charge is -2.24. The molecule has 1 heterocycles. The number of carbonyl (C=O) groups is 1. The fraction of sp³-hybridized carbons (Fsp3) is 0.280. The first-order valence-electron chi connectivity index (χ1n) is 10.6. The molecular formula is C25H27N3O3S. The van der Waals surface area contributed by atoms with Gasteiger partial charge in [-0.25, -0.2) is 4.98 Å². The lowest BCUT2D eigenvalue weighted by molar-refractivity contribution is 0.0983. The van der Waals surface area contributed by atoms with Gasteiger partial charge in [0.05, 0.1) is 29.5 Å². The number of methoxy groups -OCH3 is 1. The summed E-state index contributed by atoms with van der Waals surface area (Å²) < 4.78 is 12.2. The second-order valence-corrected chi connectivity index (χ2v) is 8.69. The minimum absolute atomic E-state index is 0.113. The normalized spacial score (nSPS) is 11.3. The number of amides is 1. The van der Waals surface area contributed by atoms with Crippen LogP contribution in [0.4, 0.5) is 5.13 Å². The molecule has 0 saturated carbocycles. The van der Waals surface area contributed by atoms with Crippen LogP contribution in [0.5, 0.6) is 11.5 Å². The molecule has 0 unspecified atom stereocenters. The van der Waals surface area contributed by atoms with E-state index in [1.54, 1.807) is 12.0 Å². The molecule has 0 N–H and O–H groups in total. The van der Waals surface area contributed by atoms with E-state index in [0.29, 0.717) is 36.1 Å². The Morgan fingerprint density at radius 1 is 1.06 bits per heavy atom. The van der Waals surface area contributed by atoms with Crippen LogP contribution in [0.3, 0.4) is 0 Å². The maximum atomic E-state index is 14.0. The highest BCUT2D eigenvalue weighted by Crippen LogP contribution is 2.35. The fourth-order valence-electron chi connectivity index (χ4n) is 3.60. The predicted octanol–water partition coefficient (Wildman–Crippen LogP) is 5.07. The Labute approximate surface area is 192 Å². The number of carbonyl (C=O) groups excluding carboxylic acids is 1. The quantitative estimate of drug-likeness (QED) is 0.376. The van der Waals surface area contributed by atoms with Crippen molar-refractivity contribution in [1.29, 1.82) is 0 Å². The largest absolute Gasteiger partial charge is 0.497 e. The summed E-state index contributed by atoms with van der Waals surface area (Å²) in [6.45, 7) is 3.63. The number of hydrogen-bond acceptors (Lipinski definition) is 6. The van der Waals surface area contributed by atoms with Crippen molar-refractivity contribution in [3.8, 4) is 11.5 Å². The molecule has 0 saturated heterocycles. The minimum Gasteiger partial charge on any atom is -0.497 e. The highest BCUT2D eigenvalue weighted by molar-refractivity contribution is 7.22. The number of fused-ring (bicyclic) bond motifs is 2. The van der Waals surface area contributed by atoms with Crippen LogP contribution in [0.25, 0.3) is 21.0 Å². The fourth-order valence-corrected chi connectivity index (χ4v) is 4.62. The molecular weight excluding hydrogens is 422 g/mol. The van der Waals surface area contributed by atoms with E-state index in [0.717, 1.165) is 26.7 Å². The van der Waals surface area contributed by atoms with Gasteiger partial charge in [0, 0.05) is 13.1 Å². The second kappa shape index (κ2) is 9.54. The summed E-state index contributed by atoms with van der Waals surface area (Å²) in [5, 5.41) is 2.54. The third-order valence-corrected chi connectivity index (χ3v) is 6.28. The molecule has 0 atom stereocenters. The molecule has 0 spiro atoms. The summed E-state index contributed by atoms with van der Waals surface area (Å²) >= 11 is 1.49. The average molecular weight is 450 g/mol. The smallest absolute Gasteiger partial charge is 0.264 e. The van der Waals surface area contributed by atoms with Gasteiger partial charge in [-0.05, 0) is 56.1 Å². The Bertz CT molecular complexity index is 1250. The van der Waals surface area contributed by atoms with Crippen molar-refractivity contribution in [3.63, 3.8) is 0 Å². The number of anilines is 1. The van der Waals surface area contributed by atoms with Gasteiger partial charge in [-0.15, -0.1) is 0 Å². The lowest BCUT2D eigenvalue weighted by Crippen LogP contribution is -2.37. The predicted molar refractivity (Wildman–Crippen MR) is 132 cm³/mol. The van der Waals surface area contributed by atoms with E-state index in [9.17, 15) is 4.79 Å². The van der Waals surface area contributed by atoms with Crippen LogP contribution < -0.4 is 14.4 Å². The van der Waals surface area contributed by atoms with E-state index >= 15 is 0 Å². The molecule has 3 aromatic carbocycles. The third kappa shape index (κ3) is 4.40. The molecule has 1 aromatic heterocycles. The molecule has 0 fully saturated rings. The summed E-state index contributed by atoms with van der Waals surface area (Å²) in [6.07, 6.45) is 0. The summed E-state index contributed by atoms with van der Waals surface area (Å²) in [5.41, 5.74) is 1.41. The first kappa shape index (κ1) is 22.0. The van der Waals surface area contributed by atoms with Crippen molar-refractivity contribution < 1.29 is 14.3 Å². The molecule has 7 heteroatoms. The molecule has 166 valence electrons. The Kier molecular flexibility index (Phi) is 6.58. The Morgan fingerprint density at radius 3 is 2.62 bits per heavy atom. The van der Waals surface area contributed by atoms with Crippen LogP contribution in [0.2, 0.25) is 0 Å². The molecule has 0 aliphatic carbocycles.